The van der Waals surface area contributed by atoms with Gasteiger partial charge >= 0.3 is 6.03 Å². The number of ether oxygens (including phenoxy) is 1. The molecule has 32 heavy (non-hydrogen) atoms. The van der Waals surface area contributed by atoms with Gasteiger partial charge in [-0.2, -0.15) is 4.98 Å². The lowest BCUT2D eigenvalue weighted by molar-refractivity contribution is 0.205. The third kappa shape index (κ3) is 4.21. The fourth-order valence-electron chi connectivity index (χ4n) is 3.77. The standard InChI is InChI=1S/C24H25FN4O3/c1-4-14-29-15(3)20(21(26-24(29)30)16-6-10-18(25)11-7-16)23-27-22(28-32-23)17-8-12-19(13-9-17)31-5-2/h6-13,21H,4-5,14H2,1-3H3,(H,26,30). The molecule has 0 spiro atoms. The van der Waals surface area contributed by atoms with Crippen LogP contribution in [0.15, 0.2) is 58.8 Å². The largest absolute Gasteiger partial charge is 0.494 e. The van der Waals surface area contributed by atoms with Gasteiger partial charge in [0.05, 0.1) is 18.2 Å². The molecule has 0 saturated carbocycles. The molecule has 1 N–H and O–H groups in total. The van der Waals surface area contributed by atoms with Crippen molar-refractivity contribution in [2.75, 3.05) is 13.2 Å². The molecule has 0 radical (unpaired) electrons. The Kier molecular flexibility index (Phi) is 6.20. The van der Waals surface area contributed by atoms with Crippen LogP contribution in [-0.4, -0.2) is 34.2 Å². The molecule has 7 nitrogen and oxygen atoms in total. The molecule has 0 saturated heterocycles. The van der Waals surface area contributed by atoms with Crippen molar-refractivity contribution in [1.29, 1.82) is 0 Å². The number of carbonyl (C=O) groups excluding carboxylic acids is 1. The molecule has 4 rings (SSSR count). The maximum Gasteiger partial charge on any atom is 0.322 e. The summed E-state index contributed by atoms with van der Waals surface area (Å²) in [6.07, 6.45) is 0.792. The molecule has 1 aliphatic heterocycles. The first kappa shape index (κ1) is 21.5. The van der Waals surface area contributed by atoms with E-state index < -0.39 is 6.04 Å². The molecule has 1 atom stereocenters. The Bertz CT molecular complexity index is 1120. The molecule has 0 fully saturated rings. The number of allylic oxidation sites excluding steroid dienone is 1. The van der Waals surface area contributed by atoms with E-state index in [1.165, 1.54) is 12.1 Å². The number of halogens is 1. The maximum absolute atomic E-state index is 13.5. The highest BCUT2D eigenvalue weighted by Gasteiger charge is 2.35. The third-order valence-corrected chi connectivity index (χ3v) is 5.33. The number of benzene rings is 2. The van der Waals surface area contributed by atoms with Gasteiger partial charge in [0.1, 0.15) is 11.6 Å². The van der Waals surface area contributed by atoms with Gasteiger partial charge in [-0.05, 0) is 62.2 Å². The Hall–Kier alpha value is -3.68. The topological polar surface area (TPSA) is 80.5 Å². The number of hydrogen-bond acceptors (Lipinski definition) is 5. The molecule has 1 aliphatic rings. The molecule has 2 amide bonds. The minimum Gasteiger partial charge on any atom is -0.494 e. The maximum atomic E-state index is 13.5. The Morgan fingerprint density at radius 3 is 2.50 bits per heavy atom. The molecule has 2 heterocycles. The zero-order chi connectivity index (χ0) is 22.7. The van der Waals surface area contributed by atoms with E-state index in [0.717, 1.165) is 29.0 Å². The van der Waals surface area contributed by atoms with Crippen molar-refractivity contribution in [3.05, 3.63) is 71.5 Å². The fourth-order valence-corrected chi connectivity index (χ4v) is 3.77. The first-order valence-corrected chi connectivity index (χ1v) is 10.6. The summed E-state index contributed by atoms with van der Waals surface area (Å²) in [5.41, 5.74) is 2.93. The zero-order valence-corrected chi connectivity index (χ0v) is 18.3. The Balaban J connectivity index is 1.75. The highest BCUT2D eigenvalue weighted by molar-refractivity contribution is 5.86. The predicted octanol–water partition coefficient (Wildman–Crippen LogP) is 5.18. The van der Waals surface area contributed by atoms with E-state index >= 15 is 0 Å². The van der Waals surface area contributed by atoms with Gasteiger partial charge in [-0.1, -0.05) is 24.2 Å². The number of rotatable bonds is 7. The quantitative estimate of drug-likeness (QED) is 0.552. The van der Waals surface area contributed by atoms with E-state index in [4.69, 9.17) is 9.26 Å². The van der Waals surface area contributed by atoms with Crippen LogP contribution in [0.4, 0.5) is 9.18 Å². The number of amides is 2. The third-order valence-electron chi connectivity index (χ3n) is 5.33. The van der Waals surface area contributed by atoms with Crippen molar-refractivity contribution in [2.45, 2.75) is 33.2 Å². The van der Waals surface area contributed by atoms with Crippen molar-refractivity contribution < 1.29 is 18.4 Å². The van der Waals surface area contributed by atoms with Crippen molar-refractivity contribution >= 4 is 11.6 Å². The van der Waals surface area contributed by atoms with Gasteiger partial charge in [0.25, 0.3) is 5.89 Å². The number of aromatic nitrogens is 2. The molecule has 0 aliphatic carbocycles. The van der Waals surface area contributed by atoms with Crippen molar-refractivity contribution in [1.82, 2.24) is 20.4 Å². The summed E-state index contributed by atoms with van der Waals surface area (Å²) in [6.45, 7) is 6.93. The lowest BCUT2D eigenvalue weighted by Crippen LogP contribution is -2.46. The van der Waals surface area contributed by atoms with Gasteiger partial charge in [-0.25, -0.2) is 9.18 Å². The molecular formula is C24H25FN4O3. The normalized spacial score (nSPS) is 16.3. The summed E-state index contributed by atoms with van der Waals surface area (Å²) < 4.78 is 24.6. The molecule has 166 valence electrons. The SMILES string of the molecule is CCCN1C(=O)NC(c2ccc(F)cc2)C(c2nc(-c3ccc(OCC)cc3)no2)=C1C. The van der Waals surface area contributed by atoms with Crippen molar-refractivity contribution in [2.24, 2.45) is 0 Å². The van der Waals surface area contributed by atoms with Crippen LogP contribution in [-0.2, 0) is 0 Å². The second-order valence-corrected chi connectivity index (χ2v) is 7.47. The molecule has 2 aromatic carbocycles. The van der Waals surface area contributed by atoms with E-state index in [2.05, 4.69) is 15.5 Å². The molecule has 8 heteroatoms. The number of carbonyl (C=O) groups is 1. The molecule has 0 bridgehead atoms. The van der Waals surface area contributed by atoms with Crippen LogP contribution in [0.5, 0.6) is 5.75 Å². The molecule has 1 aromatic heterocycles. The summed E-state index contributed by atoms with van der Waals surface area (Å²) >= 11 is 0. The highest BCUT2D eigenvalue weighted by Crippen LogP contribution is 2.37. The van der Waals surface area contributed by atoms with Crippen LogP contribution in [0.2, 0.25) is 0 Å². The van der Waals surface area contributed by atoms with Gasteiger partial charge in [-0.15, -0.1) is 0 Å². The average Bonchev–Trinajstić information content (AvgIpc) is 3.27. The highest BCUT2D eigenvalue weighted by atomic mass is 19.1. The first-order chi connectivity index (χ1) is 15.5. The summed E-state index contributed by atoms with van der Waals surface area (Å²) in [5.74, 6) is 1.16. The van der Waals surface area contributed by atoms with Crippen molar-refractivity contribution in [3.63, 3.8) is 0 Å². The lowest BCUT2D eigenvalue weighted by atomic mass is 9.94. The molecule has 1 unspecified atom stereocenters. The Morgan fingerprint density at radius 2 is 1.84 bits per heavy atom. The van der Waals surface area contributed by atoms with Crippen LogP contribution < -0.4 is 10.1 Å². The fraction of sp³-hybridized carbons (Fsp3) is 0.292. The van der Waals surface area contributed by atoms with Crippen molar-refractivity contribution in [3.8, 4) is 17.1 Å². The summed E-state index contributed by atoms with van der Waals surface area (Å²) in [4.78, 5) is 19.0. The van der Waals surface area contributed by atoms with Crippen LogP contribution in [0.3, 0.4) is 0 Å². The minimum atomic E-state index is -0.537. The Morgan fingerprint density at radius 1 is 1.12 bits per heavy atom. The van der Waals surface area contributed by atoms with E-state index in [-0.39, 0.29) is 11.8 Å². The van der Waals surface area contributed by atoms with E-state index in [9.17, 15) is 9.18 Å². The van der Waals surface area contributed by atoms with Gasteiger partial charge in [0.2, 0.25) is 5.82 Å². The average molecular weight is 436 g/mol. The second-order valence-electron chi connectivity index (χ2n) is 7.47. The van der Waals surface area contributed by atoms with Gasteiger partial charge in [0, 0.05) is 17.8 Å². The van der Waals surface area contributed by atoms with Crippen LogP contribution in [0, 0.1) is 5.82 Å². The first-order valence-electron chi connectivity index (χ1n) is 10.6. The zero-order valence-electron chi connectivity index (χ0n) is 18.3. The number of nitrogens with one attached hydrogen (secondary N) is 1. The monoisotopic (exact) mass is 436 g/mol. The summed E-state index contributed by atoms with van der Waals surface area (Å²) in [5, 5.41) is 7.15. The van der Waals surface area contributed by atoms with Gasteiger partial charge in [0.15, 0.2) is 0 Å². The van der Waals surface area contributed by atoms with Gasteiger partial charge in [-0.3, -0.25) is 4.90 Å². The smallest absolute Gasteiger partial charge is 0.322 e. The van der Waals surface area contributed by atoms with Crippen LogP contribution in [0.25, 0.3) is 17.0 Å². The second kappa shape index (κ2) is 9.21. The Labute approximate surface area is 185 Å². The summed E-state index contributed by atoms with van der Waals surface area (Å²) in [7, 11) is 0. The van der Waals surface area contributed by atoms with E-state index in [1.807, 2.05) is 45.0 Å². The van der Waals surface area contributed by atoms with Gasteiger partial charge < -0.3 is 14.6 Å². The minimum absolute atomic E-state index is 0.214. The number of nitrogens with zero attached hydrogens (tertiary/aromatic N) is 3. The van der Waals surface area contributed by atoms with E-state index in [0.29, 0.717) is 30.4 Å². The predicted molar refractivity (Wildman–Crippen MR) is 118 cm³/mol. The number of urea groups is 1. The summed E-state index contributed by atoms with van der Waals surface area (Å²) in [6, 6.07) is 12.7. The van der Waals surface area contributed by atoms with Crippen LogP contribution in [0.1, 0.15) is 44.7 Å². The van der Waals surface area contributed by atoms with Crippen LogP contribution >= 0.6 is 0 Å². The molecular weight excluding hydrogens is 411 g/mol. The number of hydrogen-bond donors (Lipinski definition) is 1. The lowest BCUT2D eigenvalue weighted by Gasteiger charge is -2.35. The van der Waals surface area contributed by atoms with E-state index in [1.54, 1.807) is 17.0 Å². The molecule has 3 aromatic rings.